The fourth-order valence-corrected chi connectivity index (χ4v) is 0.748. The quantitative estimate of drug-likeness (QED) is 0.507. The standard InChI is InChI=1S/C8H9NO2.K.H/c1-6(10)9-7-2-4-8(11)5-3-7;;/h2-5,11H,1H3,(H,9,10);;. The van der Waals surface area contributed by atoms with Gasteiger partial charge in [0.05, 0.1) is 0 Å². The van der Waals surface area contributed by atoms with Crippen LogP contribution in [0.15, 0.2) is 24.3 Å². The van der Waals surface area contributed by atoms with Crippen molar-refractivity contribution in [1.82, 2.24) is 0 Å². The fourth-order valence-electron chi connectivity index (χ4n) is 0.748. The van der Waals surface area contributed by atoms with E-state index in [-0.39, 0.29) is 63.0 Å². The molecule has 0 fully saturated rings. The van der Waals surface area contributed by atoms with Crippen molar-refractivity contribution in [2.24, 2.45) is 0 Å². The van der Waals surface area contributed by atoms with Gasteiger partial charge in [-0.25, -0.2) is 0 Å². The van der Waals surface area contributed by atoms with Gasteiger partial charge in [0.25, 0.3) is 0 Å². The van der Waals surface area contributed by atoms with Gasteiger partial charge in [0.1, 0.15) is 5.75 Å². The molecule has 0 aliphatic heterocycles. The Hall–Kier alpha value is 0.126. The van der Waals surface area contributed by atoms with Crippen LogP contribution in [-0.2, 0) is 4.79 Å². The first-order valence-electron chi connectivity index (χ1n) is 3.25. The molecule has 4 heteroatoms. The van der Waals surface area contributed by atoms with Crippen molar-refractivity contribution >= 4 is 63.0 Å². The normalized spacial score (nSPS) is 8.42. The van der Waals surface area contributed by atoms with E-state index in [0.717, 1.165) is 0 Å². The molecule has 0 saturated heterocycles. The van der Waals surface area contributed by atoms with Gasteiger partial charge in [0.2, 0.25) is 5.91 Å². The number of phenols is 1. The van der Waals surface area contributed by atoms with Crippen LogP contribution in [0.5, 0.6) is 5.75 Å². The summed E-state index contributed by atoms with van der Waals surface area (Å²) in [6.45, 7) is 1.44. The van der Waals surface area contributed by atoms with Crippen LogP contribution in [-0.4, -0.2) is 62.4 Å². The van der Waals surface area contributed by atoms with Crippen LogP contribution in [0.2, 0.25) is 0 Å². The number of benzene rings is 1. The molecule has 3 nitrogen and oxygen atoms in total. The van der Waals surface area contributed by atoms with Crippen LogP contribution in [0.3, 0.4) is 0 Å². The monoisotopic (exact) mass is 191 g/mol. The molecule has 0 aromatic heterocycles. The summed E-state index contributed by atoms with van der Waals surface area (Å²) in [6, 6.07) is 6.31. The van der Waals surface area contributed by atoms with Crippen LogP contribution in [0.4, 0.5) is 5.69 Å². The molecule has 0 radical (unpaired) electrons. The van der Waals surface area contributed by atoms with Crippen LogP contribution < -0.4 is 5.32 Å². The molecule has 1 aromatic rings. The molecule has 0 saturated carbocycles. The minimum atomic E-state index is -0.115. The van der Waals surface area contributed by atoms with E-state index in [9.17, 15) is 4.79 Å². The number of hydrogen-bond acceptors (Lipinski definition) is 2. The van der Waals surface area contributed by atoms with Crippen molar-refractivity contribution in [3.63, 3.8) is 0 Å². The van der Waals surface area contributed by atoms with Crippen LogP contribution in [0.25, 0.3) is 0 Å². The van der Waals surface area contributed by atoms with Crippen LogP contribution >= 0.6 is 0 Å². The molecule has 1 amide bonds. The van der Waals surface area contributed by atoms with Gasteiger partial charge in [-0.2, -0.15) is 0 Å². The van der Waals surface area contributed by atoms with Gasteiger partial charge in [-0.05, 0) is 24.3 Å². The predicted octanol–water partition coefficient (Wildman–Crippen LogP) is 0.702. The van der Waals surface area contributed by atoms with Crippen molar-refractivity contribution < 1.29 is 9.90 Å². The van der Waals surface area contributed by atoms with E-state index in [2.05, 4.69) is 5.32 Å². The summed E-state index contributed by atoms with van der Waals surface area (Å²) < 4.78 is 0. The Labute approximate surface area is 114 Å². The van der Waals surface area contributed by atoms with Gasteiger partial charge >= 0.3 is 51.4 Å². The molecule has 0 atom stereocenters. The van der Waals surface area contributed by atoms with E-state index >= 15 is 0 Å². The second kappa shape index (κ2) is 5.72. The first-order chi connectivity index (χ1) is 5.18. The third kappa shape index (κ3) is 4.23. The summed E-state index contributed by atoms with van der Waals surface area (Å²) >= 11 is 0. The number of carbonyl (C=O) groups excluding carboxylic acids is 1. The second-order valence-electron chi connectivity index (χ2n) is 2.23. The average Bonchev–Trinajstić information content (AvgIpc) is 1.93. The van der Waals surface area contributed by atoms with Crippen molar-refractivity contribution in [1.29, 1.82) is 0 Å². The van der Waals surface area contributed by atoms with Crippen molar-refractivity contribution in [2.75, 3.05) is 5.32 Å². The maximum absolute atomic E-state index is 10.5. The molecule has 1 rings (SSSR count). The van der Waals surface area contributed by atoms with E-state index in [1.54, 1.807) is 12.1 Å². The Kier molecular flexibility index (Phi) is 5.78. The molecule has 12 heavy (non-hydrogen) atoms. The third-order valence-electron chi connectivity index (χ3n) is 1.19. The number of hydrogen-bond donors (Lipinski definition) is 2. The Morgan fingerprint density at radius 3 is 2.25 bits per heavy atom. The second-order valence-corrected chi connectivity index (χ2v) is 2.23. The topological polar surface area (TPSA) is 49.3 Å². The third-order valence-corrected chi connectivity index (χ3v) is 1.19. The number of carbonyl (C=O) groups is 1. The van der Waals surface area contributed by atoms with E-state index in [0.29, 0.717) is 5.69 Å². The Morgan fingerprint density at radius 2 is 1.83 bits per heavy atom. The molecule has 0 bridgehead atoms. The van der Waals surface area contributed by atoms with Gasteiger partial charge in [-0.15, -0.1) is 0 Å². The molecule has 0 aliphatic carbocycles. The summed E-state index contributed by atoms with van der Waals surface area (Å²) in [5, 5.41) is 11.5. The van der Waals surface area contributed by atoms with Gasteiger partial charge in [0.15, 0.2) is 0 Å². The first-order valence-corrected chi connectivity index (χ1v) is 3.25. The summed E-state index contributed by atoms with van der Waals surface area (Å²) in [5.41, 5.74) is 0.690. The number of aromatic hydroxyl groups is 1. The minimum absolute atomic E-state index is 0. The van der Waals surface area contributed by atoms with Crippen molar-refractivity contribution in [3.05, 3.63) is 24.3 Å². The Bertz CT molecular complexity index is 258. The Balaban J connectivity index is 0.00000121. The summed E-state index contributed by atoms with van der Waals surface area (Å²) in [4.78, 5) is 10.5. The van der Waals surface area contributed by atoms with Crippen LogP contribution in [0.1, 0.15) is 6.92 Å². The molecule has 0 aliphatic rings. The average molecular weight is 191 g/mol. The van der Waals surface area contributed by atoms with E-state index in [4.69, 9.17) is 5.11 Å². The van der Waals surface area contributed by atoms with Gasteiger partial charge in [-0.3, -0.25) is 4.79 Å². The van der Waals surface area contributed by atoms with E-state index in [1.807, 2.05) is 0 Å². The number of nitrogens with one attached hydrogen (secondary N) is 1. The fraction of sp³-hybridized carbons (Fsp3) is 0.125. The van der Waals surface area contributed by atoms with Crippen LogP contribution in [0, 0.1) is 0 Å². The number of rotatable bonds is 1. The molecular formula is C8H10KNO2. The molecular weight excluding hydrogens is 181 g/mol. The molecule has 2 N–H and O–H groups in total. The zero-order valence-corrected chi connectivity index (χ0v) is 6.16. The van der Waals surface area contributed by atoms with Gasteiger partial charge < -0.3 is 10.4 Å². The Morgan fingerprint density at radius 1 is 1.33 bits per heavy atom. The number of phenolic OH excluding ortho intramolecular Hbond substituents is 1. The summed E-state index contributed by atoms with van der Waals surface area (Å²) in [5.74, 6) is 0.0785. The van der Waals surface area contributed by atoms with Gasteiger partial charge in [-0.1, -0.05) is 0 Å². The van der Waals surface area contributed by atoms with Crippen molar-refractivity contribution in [3.8, 4) is 5.75 Å². The van der Waals surface area contributed by atoms with E-state index < -0.39 is 0 Å². The number of anilines is 1. The molecule has 1 aromatic carbocycles. The molecule has 0 spiro atoms. The predicted molar refractivity (Wildman–Crippen MR) is 49.6 cm³/mol. The first kappa shape index (κ1) is 12.1. The maximum atomic E-state index is 10.5. The van der Waals surface area contributed by atoms with Gasteiger partial charge in [0, 0.05) is 12.6 Å². The summed E-state index contributed by atoms with van der Waals surface area (Å²) in [7, 11) is 0. The molecule has 0 unspecified atom stereocenters. The number of amides is 1. The molecule has 0 heterocycles. The molecule has 60 valence electrons. The van der Waals surface area contributed by atoms with Crippen molar-refractivity contribution in [2.45, 2.75) is 6.92 Å². The van der Waals surface area contributed by atoms with E-state index in [1.165, 1.54) is 19.1 Å². The SMILES string of the molecule is CC(=O)Nc1ccc(O)cc1.[KH]. The zero-order chi connectivity index (χ0) is 8.27. The zero-order valence-electron chi connectivity index (χ0n) is 6.16. The summed E-state index contributed by atoms with van der Waals surface area (Å²) in [6.07, 6.45) is 0.